The SMILES string of the molecule is CC.CC.CC.CC(C)C.CC(C)C.CC(C)C.c1cn[nH]c1.c1cnoc1.c1cnsc1. The molecule has 3 aromatic rings. The summed E-state index contributed by atoms with van der Waals surface area (Å²) in [5.41, 5.74) is 0. The van der Waals surface area contributed by atoms with Gasteiger partial charge in [-0.25, -0.2) is 4.37 Å². The van der Waals surface area contributed by atoms with Crippen LogP contribution in [0.3, 0.4) is 0 Å². The van der Waals surface area contributed by atoms with E-state index in [1.165, 1.54) is 17.8 Å². The van der Waals surface area contributed by atoms with Gasteiger partial charge in [-0.05, 0) is 47.5 Å². The molecule has 0 aromatic carbocycles. The summed E-state index contributed by atoms with van der Waals surface area (Å²) in [6, 6.07) is 5.46. The Labute approximate surface area is 212 Å². The van der Waals surface area contributed by atoms with Crippen LogP contribution in [0, 0.1) is 17.8 Å². The summed E-state index contributed by atoms with van der Waals surface area (Å²) in [7, 11) is 0. The number of nitrogens with zero attached hydrogens (tertiary/aromatic N) is 3. The zero-order valence-corrected chi connectivity index (χ0v) is 25.4. The Balaban J connectivity index is -0.0000000636. The van der Waals surface area contributed by atoms with Crippen LogP contribution in [-0.4, -0.2) is 19.7 Å². The average Bonchev–Trinajstić information content (AvgIpc) is 3.59. The first-order chi connectivity index (χ1) is 15.7. The molecule has 3 heterocycles. The topological polar surface area (TPSA) is 67.6 Å². The quantitative estimate of drug-likeness (QED) is 0.343. The predicted octanol–water partition coefficient (Wildman–Crippen LogP) is 10.3. The number of H-pyrrole nitrogens is 1. The van der Waals surface area contributed by atoms with E-state index >= 15 is 0 Å². The van der Waals surface area contributed by atoms with Gasteiger partial charge in [0.1, 0.15) is 6.26 Å². The summed E-state index contributed by atoms with van der Waals surface area (Å²) < 4.78 is 8.10. The van der Waals surface area contributed by atoms with Crippen molar-refractivity contribution in [3.63, 3.8) is 0 Å². The Morgan fingerprint density at radius 2 is 1.09 bits per heavy atom. The number of nitrogens with one attached hydrogen (secondary N) is 1. The van der Waals surface area contributed by atoms with Gasteiger partial charge in [-0.1, -0.05) is 109 Å². The maximum atomic E-state index is 4.33. The van der Waals surface area contributed by atoms with Crippen LogP contribution < -0.4 is 0 Å². The predicted molar refractivity (Wildman–Crippen MR) is 153 cm³/mol. The van der Waals surface area contributed by atoms with Crippen molar-refractivity contribution in [2.75, 3.05) is 0 Å². The van der Waals surface area contributed by atoms with Crippen molar-refractivity contribution in [3.8, 4) is 0 Å². The second kappa shape index (κ2) is 52.2. The molecule has 3 aromatic heterocycles. The lowest BCUT2D eigenvalue weighted by Crippen LogP contribution is -1.66. The number of aromatic nitrogens is 4. The van der Waals surface area contributed by atoms with Gasteiger partial charge in [-0.3, -0.25) is 5.10 Å². The van der Waals surface area contributed by atoms with Gasteiger partial charge in [0.25, 0.3) is 0 Å². The molecular formula is C27H58N4OS. The fraction of sp³-hybridized carbons (Fsp3) is 0.667. The highest BCUT2D eigenvalue weighted by molar-refractivity contribution is 7.03. The molecule has 0 spiro atoms. The van der Waals surface area contributed by atoms with E-state index in [0.717, 1.165) is 17.8 Å². The minimum atomic E-state index is 0.833. The molecule has 0 saturated carbocycles. The third-order valence-electron chi connectivity index (χ3n) is 1.10. The zero-order chi connectivity index (χ0) is 27.3. The van der Waals surface area contributed by atoms with Crippen LogP contribution in [0.1, 0.15) is 104 Å². The van der Waals surface area contributed by atoms with E-state index < -0.39 is 0 Å². The molecule has 6 heteroatoms. The number of aromatic amines is 1. The van der Waals surface area contributed by atoms with E-state index in [4.69, 9.17) is 0 Å². The summed E-state index contributed by atoms with van der Waals surface area (Å²) in [6.07, 6.45) is 8.32. The average molecular weight is 487 g/mol. The monoisotopic (exact) mass is 486 g/mol. The van der Waals surface area contributed by atoms with Gasteiger partial charge < -0.3 is 4.52 Å². The van der Waals surface area contributed by atoms with E-state index in [1.54, 1.807) is 30.9 Å². The lowest BCUT2D eigenvalue weighted by molar-refractivity contribution is 0.420. The lowest BCUT2D eigenvalue weighted by Gasteiger charge is -1.79. The second-order valence-corrected chi connectivity index (χ2v) is 8.03. The molecule has 1 N–H and O–H groups in total. The van der Waals surface area contributed by atoms with Gasteiger partial charge >= 0.3 is 0 Å². The zero-order valence-electron chi connectivity index (χ0n) is 24.6. The smallest absolute Gasteiger partial charge is 0.123 e. The maximum Gasteiger partial charge on any atom is 0.123 e. The van der Waals surface area contributed by atoms with Gasteiger partial charge in [0.15, 0.2) is 0 Å². The summed E-state index contributed by atoms with van der Waals surface area (Å²) >= 11 is 1.46. The van der Waals surface area contributed by atoms with Gasteiger partial charge in [-0.2, -0.15) is 5.10 Å². The highest BCUT2D eigenvalue weighted by Gasteiger charge is 1.69. The largest absolute Gasteiger partial charge is 0.365 e. The Hall–Kier alpha value is -1.95. The molecular weight excluding hydrogens is 428 g/mol. The van der Waals surface area contributed by atoms with Crippen LogP contribution in [0.2, 0.25) is 0 Å². The van der Waals surface area contributed by atoms with E-state index in [1.807, 2.05) is 59.1 Å². The molecule has 198 valence electrons. The molecule has 0 amide bonds. The van der Waals surface area contributed by atoms with Gasteiger partial charge in [0.05, 0.1) is 6.20 Å². The first-order valence-electron chi connectivity index (χ1n) is 12.3. The fourth-order valence-electron chi connectivity index (χ4n) is 0.567. The molecule has 0 saturated heterocycles. The summed E-state index contributed by atoms with van der Waals surface area (Å²) in [6.45, 7) is 31.5. The summed E-state index contributed by atoms with van der Waals surface area (Å²) in [5, 5.41) is 11.5. The van der Waals surface area contributed by atoms with Crippen LogP contribution in [0.4, 0.5) is 0 Å². The van der Waals surface area contributed by atoms with E-state index in [-0.39, 0.29) is 0 Å². The minimum absolute atomic E-state index is 0.833. The van der Waals surface area contributed by atoms with Crippen LogP contribution in [-0.2, 0) is 0 Å². The molecule has 0 unspecified atom stereocenters. The van der Waals surface area contributed by atoms with Gasteiger partial charge in [-0.15, -0.1) is 0 Å². The molecule has 0 radical (unpaired) electrons. The van der Waals surface area contributed by atoms with Crippen LogP contribution >= 0.6 is 11.5 Å². The first kappa shape index (κ1) is 44.7. The Morgan fingerprint density at radius 1 is 0.636 bits per heavy atom. The van der Waals surface area contributed by atoms with Crippen LogP contribution in [0.15, 0.2) is 59.2 Å². The van der Waals surface area contributed by atoms with Crippen LogP contribution in [0.25, 0.3) is 0 Å². The van der Waals surface area contributed by atoms with E-state index in [0.29, 0.717) is 0 Å². The van der Waals surface area contributed by atoms with Crippen molar-refractivity contribution in [3.05, 3.63) is 54.6 Å². The third kappa shape index (κ3) is 139. The minimum Gasteiger partial charge on any atom is -0.365 e. The Morgan fingerprint density at radius 3 is 1.18 bits per heavy atom. The van der Waals surface area contributed by atoms with E-state index in [2.05, 4.69) is 86.6 Å². The molecule has 0 aliphatic carbocycles. The first-order valence-corrected chi connectivity index (χ1v) is 13.2. The number of hydrogen-bond donors (Lipinski definition) is 1. The van der Waals surface area contributed by atoms with Crippen molar-refractivity contribution in [2.45, 2.75) is 104 Å². The van der Waals surface area contributed by atoms with Crippen molar-refractivity contribution in [1.82, 2.24) is 19.7 Å². The molecule has 33 heavy (non-hydrogen) atoms. The molecule has 5 nitrogen and oxygen atoms in total. The molecule has 0 aliphatic heterocycles. The maximum absolute atomic E-state index is 4.33. The van der Waals surface area contributed by atoms with Crippen molar-refractivity contribution < 1.29 is 4.52 Å². The molecule has 3 rings (SSSR count). The number of rotatable bonds is 0. The standard InChI is InChI=1S/3C4H10.C3H4N2.C3H3NO.C3H3NS.3C2H6/c3*1-4(2)3;3*1-2-4-5-3-1;3*1-2/h3*4H,1-3H3;1-3H,(H,4,5);2*1-3H;3*1-2H3. The molecule has 0 fully saturated rings. The molecule has 0 atom stereocenters. The van der Waals surface area contributed by atoms with Crippen molar-refractivity contribution in [2.24, 2.45) is 17.8 Å². The highest BCUT2D eigenvalue weighted by Crippen LogP contribution is 1.84. The Bertz CT molecular complexity index is 358. The van der Waals surface area contributed by atoms with Gasteiger partial charge in [0, 0.05) is 24.0 Å². The second-order valence-electron chi connectivity index (χ2n) is 7.34. The number of hydrogen-bond acceptors (Lipinski definition) is 5. The molecule has 0 aliphatic rings. The fourth-order valence-corrected chi connectivity index (χ4v) is 0.918. The van der Waals surface area contributed by atoms with Crippen LogP contribution in [0.5, 0.6) is 0 Å². The van der Waals surface area contributed by atoms with E-state index in [9.17, 15) is 0 Å². The summed E-state index contributed by atoms with van der Waals surface area (Å²) in [5.74, 6) is 2.50. The lowest BCUT2D eigenvalue weighted by atomic mass is 10.3. The van der Waals surface area contributed by atoms with Crippen molar-refractivity contribution in [1.29, 1.82) is 0 Å². The summed E-state index contributed by atoms with van der Waals surface area (Å²) in [4.78, 5) is 0. The highest BCUT2D eigenvalue weighted by atomic mass is 32.1. The third-order valence-corrected chi connectivity index (χ3v) is 1.62. The van der Waals surface area contributed by atoms with Crippen molar-refractivity contribution >= 4 is 11.5 Å². The van der Waals surface area contributed by atoms with Gasteiger partial charge in [0.2, 0.25) is 0 Å². The Kier molecular flexibility index (Phi) is 70.6. The normalized spacial score (nSPS) is 7.45. The molecule has 0 bridgehead atoms.